The highest BCUT2D eigenvalue weighted by atomic mass is 16.2. The minimum absolute atomic E-state index is 0.120. The molecule has 0 atom stereocenters. The molecule has 1 radical (unpaired) electrons. The van der Waals surface area contributed by atoms with E-state index in [1.165, 1.54) is 6.41 Å². The Bertz CT molecular complexity index is 112. The third-order valence-corrected chi connectivity index (χ3v) is 0.761. The van der Waals surface area contributed by atoms with Crippen LogP contribution in [0.1, 0.15) is 13.8 Å². The maximum atomic E-state index is 10.5. The molecule has 51 valence electrons. The van der Waals surface area contributed by atoms with Crippen molar-refractivity contribution < 1.29 is 9.59 Å². The van der Waals surface area contributed by atoms with E-state index in [-0.39, 0.29) is 11.8 Å². The lowest BCUT2D eigenvalue weighted by Crippen LogP contribution is -2.38. The molecule has 4 heteroatoms. The largest absolute Gasteiger partial charge is 0.329 e. The van der Waals surface area contributed by atoms with E-state index >= 15 is 0 Å². The predicted molar refractivity (Wildman–Crippen MR) is 31.8 cm³/mol. The van der Waals surface area contributed by atoms with Gasteiger partial charge in [0, 0.05) is 5.92 Å². The summed E-state index contributed by atoms with van der Waals surface area (Å²) in [7, 11) is 0. The second-order valence-corrected chi connectivity index (χ2v) is 1.87. The molecule has 0 bridgehead atoms. The molecule has 0 aromatic heterocycles. The second kappa shape index (κ2) is 3.88. The molecule has 0 aromatic carbocycles. The summed E-state index contributed by atoms with van der Waals surface area (Å²) in [4.78, 5) is 20.0. The average molecular weight is 129 g/mol. The number of nitrogens with one attached hydrogen (secondary N) is 2. The molecule has 0 aromatic rings. The van der Waals surface area contributed by atoms with Crippen molar-refractivity contribution in [3.63, 3.8) is 0 Å². The summed E-state index contributed by atoms with van der Waals surface area (Å²) in [5.41, 5.74) is 4.04. The Hall–Kier alpha value is -1.06. The maximum Gasteiger partial charge on any atom is 0.329 e. The van der Waals surface area contributed by atoms with E-state index in [4.69, 9.17) is 0 Å². The zero-order chi connectivity index (χ0) is 7.28. The van der Waals surface area contributed by atoms with Gasteiger partial charge in [-0.1, -0.05) is 13.8 Å². The molecule has 0 aliphatic rings. The normalized spacial score (nSPS) is 8.78. The molecule has 0 aliphatic carbocycles. The fourth-order valence-corrected chi connectivity index (χ4v) is 0.231. The summed E-state index contributed by atoms with van der Waals surface area (Å²) in [6.45, 7) is 3.45. The van der Waals surface area contributed by atoms with Gasteiger partial charge in [0.15, 0.2) is 0 Å². The average Bonchev–Trinajstić information content (AvgIpc) is 1.82. The standard InChI is InChI=1S/C5H9N2O2/c1-4(2)5(9)7-6-3-8/h4H,1-2H3,(H,6,8)(H,7,9). The van der Waals surface area contributed by atoms with E-state index in [0.717, 1.165) is 0 Å². The van der Waals surface area contributed by atoms with Crippen LogP contribution in [0.4, 0.5) is 0 Å². The first-order chi connectivity index (χ1) is 4.18. The van der Waals surface area contributed by atoms with E-state index in [1.807, 2.05) is 5.43 Å². The Morgan fingerprint density at radius 3 is 2.44 bits per heavy atom. The first kappa shape index (κ1) is 7.94. The Morgan fingerprint density at radius 1 is 1.56 bits per heavy atom. The van der Waals surface area contributed by atoms with Gasteiger partial charge in [-0.05, 0) is 0 Å². The van der Waals surface area contributed by atoms with Crippen LogP contribution >= 0.6 is 0 Å². The van der Waals surface area contributed by atoms with Crippen molar-refractivity contribution in [2.24, 2.45) is 5.92 Å². The van der Waals surface area contributed by atoms with Gasteiger partial charge in [-0.2, -0.15) is 0 Å². The Kier molecular flexibility index (Phi) is 3.43. The van der Waals surface area contributed by atoms with Gasteiger partial charge in [0.2, 0.25) is 5.91 Å². The Labute approximate surface area is 53.6 Å². The molecule has 0 heterocycles. The number of amides is 2. The molecule has 2 amide bonds. The summed E-state index contributed by atoms with van der Waals surface area (Å²) < 4.78 is 0. The summed E-state index contributed by atoms with van der Waals surface area (Å²) in [6.07, 6.45) is 1.32. The smallest absolute Gasteiger partial charge is 0.273 e. The molecule has 0 aliphatic heterocycles. The van der Waals surface area contributed by atoms with Crippen molar-refractivity contribution in [1.29, 1.82) is 0 Å². The number of hydrogen-bond donors (Lipinski definition) is 2. The van der Waals surface area contributed by atoms with E-state index < -0.39 is 0 Å². The molecule has 0 fully saturated rings. The van der Waals surface area contributed by atoms with Gasteiger partial charge in [0.1, 0.15) is 0 Å². The van der Waals surface area contributed by atoms with Gasteiger partial charge in [-0.15, -0.1) is 0 Å². The molecule has 0 unspecified atom stereocenters. The lowest BCUT2D eigenvalue weighted by Gasteiger charge is -2.02. The maximum absolute atomic E-state index is 10.5. The van der Waals surface area contributed by atoms with Crippen molar-refractivity contribution in [2.45, 2.75) is 13.8 Å². The molecule has 0 rings (SSSR count). The van der Waals surface area contributed by atoms with Crippen molar-refractivity contribution in [3.05, 3.63) is 0 Å². The van der Waals surface area contributed by atoms with Gasteiger partial charge in [-0.3, -0.25) is 20.4 Å². The molecular weight excluding hydrogens is 120 g/mol. The molecule has 9 heavy (non-hydrogen) atoms. The van der Waals surface area contributed by atoms with Crippen LogP contribution in [0.25, 0.3) is 0 Å². The lowest BCUT2D eigenvalue weighted by atomic mass is 10.2. The van der Waals surface area contributed by atoms with E-state index in [9.17, 15) is 9.59 Å². The van der Waals surface area contributed by atoms with Crippen molar-refractivity contribution >= 4 is 12.3 Å². The Balaban J connectivity index is 3.38. The first-order valence-electron chi connectivity index (χ1n) is 2.60. The van der Waals surface area contributed by atoms with Gasteiger partial charge >= 0.3 is 6.41 Å². The molecule has 0 spiro atoms. The zero-order valence-corrected chi connectivity index (χ0v) is 5.39. The van der Waals surface area contributed by atoms with Crippen molar-refractivity contribution in [1.82, 2.24) is 10.9 Å². The van der Waals surface area contributed by atoms with Crippen LogP contribution in [0, 0.1) is 5.92 Å². The summed E-state index contributed by atoms with van der Waals surface area (Å²) in [5, 5.41) is 0. The van der Waals surface area contributed by atoms with Crippen LogP contribution in [-0.4, -0.2) is 12.3 Å². The van der Waals surface area contributed by atoms with Crippen LogP contribution in [-0.2, 0) is 9.59 Å². The molecular formula is C5H9N2O2. The fourth-order valence-electron chi connectivity index (χ4n) is 0.231. The number of carbonyl (C=O) groups is 1. The predicted octanol–water partition coefficient (Wildman–Crippen LogP) is -0.670. The quantitative estimate of drug-likeness (QED) is 0.392. The van der Waals surface area contributed by atoms with E-state index in [2.05, 4.69) is 5.43 Å². The van der Waals surface area contributed by atoms with E-state index in [0.29, 0.717) is 0 Å². The third kappa shape index (κ3) is 3.52. The topological polar surface area (TPSA) is 58.2 Å². The summed E-state index contributed by atoms with van der Waals surface area (Å²) in [5.74, 6) is -0.343. The minimum Gasteiger partial charge on any atom is -0.273 e. The Morgan fingerprint density at radius 2 is 2.11 bits per heavy atom. The zero-order valence-electron chi connectivity index (χ0n) is 5.39. The number of carbonyl (C=O) groups excluding carboxylic acids is 2. The second-order valence-electron chi connectivity index (χ2n) is 1.87. The number of rotatable bonds is 3. The molecule has 4 nitrogen and oxygen atoms in total. The van der Waals surface area contributed by atoms with Crippen LogP contribution in [0.5, 0.6) is 0 Å². The van der Waals surface area contributed by atoms with Crippen molar-refractivity contribution in [2.75, 3.05) is 0 Å². The highest BCUT2D eigenvalue weighted by molar-refractivity contribution is 5.78. The highest BCUT2D eigenvalue weighted by Crippen LogP contribution is 1.87. The van der Waals surface area contributed by atoms with Gasteiger partial charge in [0.05, 0.1) is 0 Å². The lowest BCUT2D eigenvalue weighted by molar-refractivity contribution is -0.124. The molecule has 0 saturated carbocycles. The van der Waals surface area contributed by atoms with Crippen LogP contribution in [0.2, 0.25) is 0 Å². The monoisotopic (exact) mass is 129 g/mol. The molecule has 2 N–H and O–H groups in total. The third-order valence-electron chi connectivity index (χ3n) is 0.761. The molecule has 0 saturated heterocycles. The first-order valence-corrected chi connectivity index (χ1v) is 2.60. The summed E-state index contributed by atoms with van der Waals surface area (Å²) in [6, 6.07) is 0. The fraction of sp³-hybridized carbons (Fsp3) is 0.600. The van der Waals surface area contributed by atoms with Gasteiger partial charge < -0.3 is 0 Å². The van der Waals surface area contributed by atoms with Crippen LogP contribution in [0.3, 0.4) is 0 Å². The highest BCUT2D eigenvalue weighted by Gasteiger charge is 2.03. The van der Waals surface area contributed by atoms with Crippen LogP contribution in [0.15, 0.2) is 0 Å². The van der Waals surface area contributed by atoms with Gasteiger partial charge in [0.25, 0.3) is 0 Å². The van der Waals surface area contributed by atoms with Crippen LogP contribution < -0.4 is 10.9 Å². The van der Waals surface area contributed by atoms with Gasteiger partial charge in [-0.25, -0.2) is 0 Å². The summed E-state index contributed by atoms with van der Waals surface area (Å²) >= 11 is 0. The van der Waals surface area contributed by atoms with E-state index in [1.54, 1.807) is 13.8 Å². The number of hydrazine groups is 1. The number of hydrogen-bond acceptors (Lipinski definition) is 2. The van der Waals surface area contributed by atoms with Crippen molar-refractivity contribution in [3.8, 4) is 0 Å². The SMILES string of the molecule is CC(C)C(=O)NN[C]=O. The minimum atomic E-state index is -0.224.